The van der Waals surface area contributed by atoms with Crippen molar-refractivity contribution in [1.82, 2.24) is 14.8 Å². The highest BCUT2D eigenvalue weighted by Crippen LogP contribution is 2.19. The highest BCUT2D eigenvalue weighted by molar-refractivity contribution is 7.71. The van der Waals surface area contributed by atoms with Crippen LogP contribution in [0.2, 0.25) is 0 Å². The zero-order chi connectivity index (χ0) is 15.5. The summed E-state index contributed by atoms with van der Waals surface area (Å²) in [7, 11) is 0. The average Bonchev–Trinajstić information content (AvgIpc) is 3.10. The molecule has 0 aliphatic rings. The molecule has 0 bridgehead atoms. The van der Waals surface area contributed by atoms with E-state index in [-0.39, 0.29) is 12.5 Å². The van der Waals surface area contributed by atoms with Gasteiger partial charge in [-0.1, -0.05) is 23.8 Å². The number of nitrogens with zero attached hydrogens (tertiary/aromatic N) is 2. The van der Waals surface area contributed by atoms with Gasteiger partial charge in [-0.25, -0.2) is 0 Å². The number of rotatable bonds is 4. The Kier molecular flexibility index (Phi) is 4.17. The van der Waals surface area contributed by atoms with Crippen molar-refractivity contribution in [2.75, 3.05) is 5.32 Å². The molecule has 22 heavy (non-hydrogen) atoms. The first-order chi connectivity index (χ1) is 10.6. The van der Waals surface area contributed by atoms with Crippen LogP contribution in [0.15, 0.2) is 41.1 Å². The summed E-state index contributed by atoms with van der Waals surface area (Å²) in [6, 6.07) is 9.79. The summed E-state index contributed by atoms with van der Waals surface area (Å²) in [4.78, 5) is 12.2. The van der Waals surface area contributed by atoms with Crippen molar-refractivity contribution in [2.24, 2.45) is 0 Å². The first kappa shape index (κ1) is 14.7. The summed E-state index contributed by atoms with van der Waals surface area (Å²) in [6.07, 6.45) is 0. The number of amides is 1. The van der Waals surface area contributed by atoms with Crippen LogP contribution < -0.4 is 5.32 Å². The number of aromatic amines is 1. The van der Waals surface area contributed by atoms with Crippen molar-refractivity contribution in [2.45, 2.75) is 13.5 Å². The van der Waals surface area contributed by atoms with Gasteiger partial charge in [-0.15, -0.1) is 0 Å². The highest BCUT2D eigenvalue weighted by Gasteiger charge is 2.12. The SMILES string of the molecule is Cc1cccc(-c2n[nH]c(=S)n2CC(=O)Nc2ccsc2)c1. The number of aryl methyl sites for hydroxylation is 1. The molecule has 0 saturated carbocycles. The first-order valence-electron chi connectivity index (χ1n) is 6.68. The predicted molar refractivity (Wildman–Crippen MR) is 90.5 cm³/mol. The van der Waals surface area contributed by atoms with Gasteiger partial charge >= 0.3 is 0 Å². The maximum Gasteiger partial charge on any atom is 0.244 e. The average molecular weight is 330 g/mol. The van der Waals surface area contributed by atoms with Gasteiger partial charge in [-0.2, -0.15) is 16.4 Å². The number of carbonyl (C=O) groups is 1. The minimum Gasteiger partial charge on any atom is -0.324 e. The third-order valence-corrected chi connectivity index (χ3v) is 4.14. The van der Waals surface area contributed by atoms with E-state index < -0.39 is 0 Å². The molecule has 1 amide bonds. The molecule has 2 aromatic heterocycles. The van der Waals surface area contributed by atoms with Gasteiger partial charge in [0.2, 0.25) is 5.91 Å². The summed E-state index contributed by atoms with van der Waals surface area (Å²) >= 11 is 6.77. The second-order valence-corrected chi connectivity index (χ2v) is 6.03. The maximum absolute atomic E-state index is 12.2. The lowest BCUT2D eigenvalue weighted by Crippen LogP contribution is -2.19. The van der Waals surface area contributed by atoms with Gasteiger partial charge < -0.3 is 5.32 Å². The molecule has 0 spiro atoms. The monoisotopic (exact) mass is 330 g/mol. The molecule has 3 rings (SSSR count). The number of H-pyrrole nitrogens is 1. The molecule has 0 aliphatic heterocycles. The lowest BCUT2D eigenvalue weighted by molar-refractivity contribution is -0.116. The second kappa shape index (κ2) is 6.25. The first-order valence-corrected chi connectivity index (χ1v) is 8.03. The van der Waals surface area contributed by atoms with Crippen LogP contribution in [0.25, 0.3) is 11.4 Å². The molecule has 0 saturated heterocycles. The van der Waals surface area contributed by atoms with Gasteiger partial charge in [-0.05, 0) is 36.7 Å². The Bertz CT molecular complexity index is 849. The number of aromatic nitrogens is 3. The minimum atomic E-state index is -0.134. The fourth-order valence-corrected chi connectivity index (χ4v) is 2.93. The number of anilines is 1. The summed E-state index contributed by atoms with van der Waals surface area (Å²) in [5.41, 5.74) is 2.85. The topological polar surface area (TPSA) is 62.7 Å². The van der Waals surface area contributed by atoms with Crippen LogP contribution in [0.1, 0.15) is 5.56 Å². The summed E-state index contributed by atoms with van der Waals surface area (Å²) in [5.74, 6) is 0.527. The Morgan fingerprint density at radius 1 is 1.45 bits per heavy atom. The van der Waals surface area contributed by atoms with Crippen LogP contribution in [0.4, 0.5) is 5.69 Å². The largest absolute Gasteiger partial charge is 0.324 e. The Labute approximate surface area is 136 Å². The standard InChI is InChI=1S/C15H14N4OS2/c1-10-3-2-4-11(7-10)14-17-18-15(21)19(14)8-13(20)16-12-5-6-22-9-12/h2-7,9H,8H2,1H3,(H,16,20)(H,18,21). The van der Waals surface area contributed by atoms with Gasteiger partial charge in [-0.3, -0.25) is 14.5 Å². The normalized spacial score (nSPS) is 10.6. The smallest absolute Gasteiger partial charge is 0.244 e. The van der Waals surface area contributed by atoms with Crippen LogP contribution in [0.5, 0.6) is 0 Å². The number of hydrogen-bond donors (Lipinski definition) is 2. The lowest BCUT2D eigenvalue weighted by atomic mass is 10.1. The van der Waals surface area contributed by atoms with Gasteiger partial charge in [0.25, 0.3) is 0 Å². The summed E-state index contributed by atoms with van der Waals surface area (Å²) < 4.78 is 2.13. The van der Waals surface area contributed by atoms with Gasteiger partial charge in [0, 0.05) is 10.9 Å². The fourth-order valence-electron chi connectivity index (χ4n) is 2.15. The zero-order valence-corrected chi connectivity index (χ0v) is 13.5. The molecule has 2 heterocycles. The van der Waals surface area contributed by atoms with Crippen molar-refractivity contribution in [3.8, 4) is 11.4 Å². The third kappa shape index (κ3) is 3.15. The number of benzene rings is 1. The zero-order valence-electron chi connectivity index (χ0n) is 11.9. The van der Waals surface area contributed by atoms with Crippen LogP contribution in [-0.4, -0.2) is 20.7 Å². The quantitative estimate of drug-likeness (QED) is 0.718. The number of hydrogen-bond acceptors (Lipinski definition) is 4. The number of nitrogens with one attached hydrogen (secondary N) is 2. The Balaban J connectivity index is 1.86. The van der Waals surface area contributed by atoms with E-state index in [9.17, 15) is 4.79 Å². The molecule has 0 fully saturated rings. The van der Waals surface area contributed by atoms with Crippen molar-refractivity contribution in [1.29, 1.82) is 0 Å². The molecule has 5 nitrogen and oxygen atoms in total. The molecular formula is C15H14N4OS2. The highest BCUT2D eigenvalue weighted by atomic mass is 32.1. The Hall–Kier alpha value is -2.25. The van der Waals surface area contributed by atoms with E-state index in [1.54, 1.807) is 4.57 Å². The van der Waals surface area contributed by atoms with Crippen LogP contribution >= 0.6 is 23.6 Å². The summed E-state index contributed by atoms with van der Waals surface area (Å²) in [6.45, 7) is 2.13. The van der Waals surface area contributed by atoms with Crippen LogP contribution in [0, 0.1) is 11.7 Å². The lowest BCUT2D eigenvalue weighted by Gasteiger charge is -2.07. The van der Waals surface area contributed by atoms with Gasteiger partial charge in [0.05, 0.1) is 5.69 Å². The second-order valence-electron chi connectivity index (χ2n) is 4.87. The minimum absolute atomic E-state index is 0.119. The third-order valence-electron chi connectivity index (χ3n) is 3.14. The molecule has 0 radical (unpaired) electrons. The van der Waals surface area contributed by atoms with Crippen LogP contribution in [-0.2, 0) is 11.3 Å². The van der Waals surface area contributed by atoms with Crippen molar-refractivity contribution in [3.05, 3.63) is 51.4 Å². The molecule has 112 valence electrons. The van der Waals surface area contributed by atoms with E-state index in [1.165, 1.54) is 11.3 Å². The molecular weight excluding hydrogens is 316 g/mol. The van der Waals surface area contributed by atoms with E-state index in [0.717, 1.165) is 16.8 Å². The molecule has 2 N–H and O–H groups in total. The van der Waals surface area contributed by atoms with E-state index in [0.29, 0.717) is 10.6 Å². The van der Waals surface area contributed by atoms with E-state index in [4.69, 9.17) is 12.2 Å². The predicted octanol–water partition coefficient (Wildman–Crippen LogP) is 3.62. The fraction of sp³-hybridized carbons (Fsp3) is 0.133. The number of carbonyl (C=O) groups excluding carboxylic acids is 1. The van der Waals surface area contributed by atoms with Crippen molar-refractivity contribution in [3.63, 3.8) is 0 Å². The Morgan fingerprint density at radius 2 is 2.32 bits per heavy atom. The molecule has 7 heteroatoms. The van der Waals surface area contributed by atoms with Crippen molar-refractivity contribution < 1.29 is 4.79 Å². The maximum atomic E-state index is 12.2. The molecule has 3 aromatic rings. The van der Waals surface area contributed by atoms with Crippen LogP contribution in [0.3, 0.4) is 0 Å². The van der Waals surface area contributed by atoms with E-state index >= 15 is 0 Å². The van der Waals surface area contributed by atoms with Crippen molar-refractivity contribution >= 4 is 35.1 Å². The van der Waals surface area contributed by atoms with Gasteiger partial charge in [0.1, 0.15) is 6.54 Å². The molecule has 0 unspecified atom stereocenters. The molecule has 0 aliphatic carbocycles. The van der Waals surface area contributed by atoms with Gasteiger partial charge in [0.15, 0.2) is 10.6 Å². The Morgan fingerprint density at radius 3 is 3.05 bits per heavy atom. The number of thiophene rings is 1. The van der Waals surface area contributed by atoms with E-state index in [2.05, 4.69) is 15.5 Å². The summed E-state index contributed by atoms with van der Waals surface area (Å²) in [5, 5.41) is 13.6. The molecule has 1 aromatic carbocycles. The van der Waals surface area contributed by atoms with E-state index in [1.807, 2.05) is 48.0 Å². The molecule has 0 atom stereocenters.